The standard InChI is InChI=1S/C19H20N6O4/c1-19(27)14(8-28-11-3-2-10-7-23-24-13(10)6-11)29-18(15(19)26)25-5-4-12-16(20)21-9-22-17(12)25/h2-7,9,14-15,18,26-27H,8H2,1H3,(H,23,24)(H2,20,21,22)/t14-,15+,18-,19-/m1/s1. The van der Waals surface area contributed by atoms with Gasteiger partial charge in [0, 0.05) is 17.6 Å². The van der Waals surface area contributed by atoms with Gasteiger partial charge in [0.2, 0.25) is 0 Å². The van der Waals surface area contributed by atoms with E-state index in [-0.39, 0.29) is 6.61 Å². The topological polar surface area (TPSA) is 144 Å². The molecule has 3 aromatic heterocycles. The number of hydrogen-bond donors (Lipinski definition) is 4. The smallest absolute Gasteiger partial charge is 0.164 e. The molecule has 4 atom stereocenters. The number of rotatable bonds is 4. The van der Waals surface area contributed by atoms with Crippen molar-refractivity contribution in [1.82, 2.24) is 24.7 Å². The van der Waals surface area contributed by atoms with E-state index in [9.17, 15) is 10.2 Å². The summed E-state index contributed by atoms with van der Waals surface area (Å²) in [6.45, 7) is 1.58. The number of aliphatic hydroxyl groups is 2. The van der Waals surface area contributed by atoms with Crippen molar-refractivity contribution >= 4 is 27.8 Å². The fourth-order valence-corrected chi connectivity index (χ4v) is 3.66. The lowest BCUT2D eigenvalue weighted by molar-refractivity contribution is -0.0765. The third-order valence-electron chi connectivity index (χ3n) is 5.45. The van der Waals surface area contributed by atoms with Gasteiger partial charge in [0.05, 0.1) is 17.1 Å². The monoisotopic (exact) mass is 396 g/mol. The summed E-state index contributed by atoms with van der Waals surface area (Å²) >= 11 is 0. The molecule has 1 aromatic carbocycles. The van der Waals surface area contributed by atoms with Crippen LogP contribution in [0.4, 0.5) is 5.82 Å². The molecule has 0 spiro atoms. The highest BCUT2D eigenvalue weighted by Gasteiger charge is 2.53. The highest BCUT2D eigenvalue weighted by molar-refractivity contribution is 5.86. The maximum Gasteiger partial charge on any atom is 0.164 e. The second-order valence-electron chi connectivity index (χ2n) is 7.34. The summed E-state index contributed by atoms with van der Waals surface area (Å²) in [7, 11) is 0. The predicted molar refractivity (Wildman–Crippen MR) is 104 cm³/mol. The van der Waals surface area contributed by atoms with Crippen molar-refractivity contribution in [2.24, 2.45) is 0 Å². The zero-order valence-corrected chi connectivity index (χ0v) is 15.6. The Morgan fingerprint density at radius 3 is 3.07 bits per heavy atom. The predicted octanol–water partition coefficient (Wildman–Crippen LogP) is 0.978. The molecule has 0 amide bonds. The van der Waals surface area contributed by atoms with Gasteiger partial charge in [-0.1, -0.05) is 0 Å². The molecule has 150 valence electrons. The van der Waals surface area contributed by atoms with Crippen LogP contribution >= 0.6 is 0 Å². The van der Waals surface area contributed by atoms with Crippen LogP contribution in [0.5, 0.6) is 5.75 Å². The van der Waals surface area contributed by atoms with Crippen LogP contribution in [0.25, 0.3) is 21.9 Å². The summed E-state index contributed by atoms with van der Waals surface area (Å²) in [4.78, 5) is 8.19. The number of anilines is 1. The van der Waals surface area contributed by atoms with Gasteiger partial charge in [-0.3, -0.25) is 5.10 Å². The van der Waals surface area contributed by atoms with E-state index < -0.39 is 24.0 Å². The van der Waals surface area contributed by atoms with Crippen molar-refractivity contribution in [2.75, 3.05) is 12.3 Å². The molecule has 10 nitrogen and oxygen atoms in total. The Bertz CT molecular complexity index is 1190. The van der Waals surface area contributed by atoms with Crippen LogP contribution in [0, 0.1) is 0 Å². The van der Waals surface area contributed by atoms with E-state index >= 15 is 0 Å². The molecule has 4 heterocycles. The van der Waals surface area contributed by atoms with Gasteiger partial charge in [0.25, 0.3) is 0 Å². The average molecular weight is 396 g/mol. The first-order valence-corrected chi connectivity index (χ1v) is 9.14. The first-order chi connectivity index (χ1) is 13.9. The van der Waals surface area contributed by atoms with E-state index in [0.29, 0.717) is 22.6 Å². The molecule has 5 rings (SSSR count). The Morgan fingerprint density at radius 2 is 2.21 bits per heavy atom. The van der Waals surface area contributed by atoms with E-state index in [2.05, 4.69) is 20.2 Å². The summed E-state index contributed by atoms with van der Waals surface area (Å²) in [5.74, 6) is 0.938. The van der Waals surface area contributed by atoms with Crippen molar-refractivity contribution in [3.63, 3.8) is 0 Å². The molecule has 10 heteroatoms. The van der Waals surface area contributed by atoms with Crippen molar-refractivity contribution in [1.29, 1.82) is 0 Å². The van der Waals surface area contributed by atoms with Gasteiger partial charge in [0.1, 0.15) is 48.0 Å². The summed E-state index contributed by atoms with van der Waals surface area (Å²) in [6.07, 6.45) is 1.97. The molecule has 1 fully saturated rings. The summed E-state index contributed by atoms with van der Waals surface area (Å²) < 4.78 is 13.5. The van der Waals surface area contributed by atoms with Gasteiger partial charge in [-0.2, -0.15) is 5.10 Å². The Labute approximate surface area is 164 Å². The Morgan fingerprint density at radius 1 is 1.34 bits per heavy atom. The minimum Gasteiger partial charge on any atom is -0.491 e. The Balaban J connectivity index is 1.39. The van der Waals surface area contributed by atoms with Crippen LogP contribution in [0.15, 0.2) is 43.0 Å². The number of benzene rings is 1. The molecular formula is C19H20N6O4. The lowest BCUT2D eigenvalue weighted by Gasteiger charge is -2.26. The van der Waals surface area contributed by atoms with Gasteiger partial charge in [-0.05, 0) is 25.1 Å². The highest BCUT2D eigenvalue weighted by Crippen LogP contribution is 2.39. The molecule has 0 saturated carbocycles. The van der Waals surface area contributed by atoms with E-state index in [4.69, 9.17) is 15.2 Å². The van der Waals surface area contributed by atoms with Crippen molar-refractivity contribution < 1.29 is 19.7 Å². The van der Waals surface area contributed by atoms with Crippen LogP contribution in [0.3, 0.4) is 0 Å². The van der Waals surface area contributed by atoms with Gasteiger partial charge in [-0.15, -0.1) is 0 Å². The molecule has 0 aliphatic carbocycles. The molecule has 0 unspecified atom stereocenters. The van der Waals surface area contributed by atoms with Crippen LogP contribution in [0.1, 0.15) is 13.2 Å². The van der Waals surface area contributed by atoms with Crippen LogP contribution < -0.4 is 10.5 Å². The minimum atomic E-state index is -1.53. The number of aromatic amines is 1. The van der Waals surface area contributed by atoms with Crippen LogP contribution in [-0.4, -0.2) is 59.4 Å². The van der Waals surface area contributed by atoms with Crippen LogP contribution in [-0.2, 0) is 4.74 Å². The fourth-order valence-electron chi connectivity index (χ4n) is 3.66. The van der Waals surface area contributed by atoms with E-state index in [1.165, 1.54) is 13.3 Å². The van der Waals surface area contributed by atoms with Gasteiger partial charge < -0.3 is 30.0 Å². The molecule has 0 bridgehead atoms. The molecule has 1 aliphatic rings. The van der Waals surface area contributed by atoms with Crippen molar-refractivity contribution in [3.05, 3.63) is 43.0 Å². The molecule has 5 N–H and O–H groups in total. The van der Waals surface area contributed by atoms with Crippen molar-refractivity contribution in [3.8, 4) is 5.75 Å². The summed E-state index contributed by atoms with van der Waals surface area (Å²) in [5, 5.41) is 30.1. The fraction of sp³-hybridized carbons (Fsp3) is 0.316. The number of nitrogens with zero attached hydrogens (tertiary/aromatic N) is 4. The number of H-pyrrole nitrogens is 1. The number of hydrogen-bond acceptors (Lipinski definition) is 8. The number of nitrogen functional groups attached to an aromatic ring is 1. The second-order valence-corrected chi connectivity index (χ2v) is 7.34. The zero-order valence-electron chi connectivity index (χ0n) is 15.6. The Kier molecular flexibility index (Phi) is 3.95. The maximum atomic E-state index is 10.9. The maximum absolute atomic E-state index is 10.9. The van der Waals surface area contributed by atoms with E-state index in [0.717, 1.165) is 10.9 Å². The summed E-state index contributed by atoms with van der Waals surface area (Å²) in [6, 6.07) is 7.27. The van der Waals surface area contributed by atoms with Crippen molar-refractivity contribution in [2.45, 2.75) is 31.0 Å². The van der Waals surface area contributed by atoms with Gasteiger partial charge >= 0.3 is 0 Å². The van der Waals surface area contributed by atoms with E-state index in [1.54, 1.807) is 23.0 Å². The highest BCUT2D eigenvalue weighted by atomic mass is 16.6. The van der Waals surface area contributed by atoms with E-state index in [1.807, 2.05) is 18.2 Å². The molecular weight excluding hydrogens is 376 g/mol. The first-order valence-electron chi connectivity index (χ1n) is 9.14. The Hall–Kier alpha value is -3.21. The van der Waals surface area contributed by atoms with Gasteiger partial charge in [-0.25, -0.2) is 9.97 Å². The molecule has 29 heavy (non-hydrogen) atoms. The first kappa shape index (κ1) is 17.9. The number of nitrogens with one attached hydrogen (secondary N) is 1. The minimum absolute atomic E-state index is 0.0521. The normalized spacial score (nSPS) is 27.1. The van der Waals surface area contributed by atoms with Gasteiger partial charge in [0.15, 0.2) is 6.23 Å². The average Bonchev–Trinajstić information content (AvgIpc) is 3.39. The second kappa shape index (κ2) is 6.41. The number of ether oxygens (including phenoxy) is 2. The molecule has 0 radical (unpaired) electrons. The third kappa shape index (κ3) is 2.80. The SMILES string of the molecule is C[C@@]1(O)[C@@H](COc2ccc3cn[nH]c3c2)O[C@@H](n2ccc3c(N)ncnc32)[C@@H]1O. The number of nitrogens with two attached hydrogens (primary N) is 1. The number of aliphatic hydroxyl groups excluding tert-OH is 1. The quantitative estimate of drug-likeness (QED) is 0.399. The lowest BCUT2D eigenvalue weighted by atomic mass is 9.95. The van der Waals surface area contributed by atoms with Crippen LogP contribution in [0.2, 0.25) is 0 Å². The zero-order chi connectivity index (χ0) is 20.2. The summed E-state index contributed by atoms with van der Waals surface area (Å²) in [5.41, 5.74) is 5.71. The largest absolute Gasteiger partial charge is 0.491 e. The number of fused-ring (bicyclic) bond motifs is 2. The molecule has 1 aliphatic heterocycles. The number of aromatic nitrogens is 5. The molecule has 4 aromatic rings. The lowest BCUT2D eigenvalue weighted by Crippen LogP contribution is -2.47. The third-order valence-corrected chi connectivity index (χ3v) is 5.45. The molecule has 1 saturated heterocycles.